The molecule has 0 fully saturated rings. The zero-order valence-corrected chi connectivity index (χ0v) is 24.1. The van der Waals surface area contributed by atoms with Crippen LogP contribution in [0.5, 0.6) is 0 Å². The standard InChI is InChI=1S/C31H39N3O4S/c1-5-7-21-32-31(36)25(4)33(22-27-15-13-24(3)14-16-27)30(35)23-34(28-19-17-26(6-2)18-20-28)39(37,38)29-11-9-8-10-12-29/h8-20,25H,5-7,21-23H2,1-4H3,(H,32,36). The number of nitrogens with one attached hydrogen (secondary N) is 1. The number of sulfonamides is 1. The van der Waals surface area contributed by atoms with Gasteiger partial charge in [0, 0.05) is 13.1 Å². The number of hydrogen-bond acceptors (Lipinski definition) is 4. The van der Waals surface area contributed by atoms with Gasteiger partial charge < -0.3 is 10.2 Å². The second kappa shape index (κ2) is 13.9. The van der Waals surface area contributed by atoms with Crippen molar-refractivity contribution in [3.63, 3.8) is 0 Å². The molecule has 2 amide bonds. The topological polar surface area (TPSA) is 86.8 Å². The molecule has 0 aromatic heterocycles. The maximum atomic E-state index is 13.9. The van der Waals surface area contributed by atoms with Crippen molar-refractivity contribution in [2.45, 2.75) is 64.4 Å². The van der Waals surface area contributed by atoms with Gasteiger partial charge >= 0.3 is 0 Å². The molecule has 1 atom stereocenters. The molecule has 0 aliphatic heterocycles. The van der Waals surface area contributed by atoms with Gasteiger partial charge in [-0.25, -0.2) is 8.42 Å². The molecule has 208 valence electrons. The Morgan fingerprint density at radius 2 is 1.49 bits per heavy atom. The molecule has 3 rings (SSSR count). The first kappa shape index (κ1) is 29.9. The Balaban J connectivity index is 1.98. The molecule has 0 spiro atoms. The van der Waals surface area contributed by atoms with Gasteiger partial charge in [-0.3, -0.25) is 13.9 Å². The van der Waals surface area contributed by atoms with Crippen LogP contribution in [0.15, 0.2) is 83.8 Å². The van der Waals surface area contributed by atoms with Crippen LogP contribution in [0.25, 0.3) is 0 Å². The highest BCUT2D eigenvalue weighted by molar-refractivity contribution is 7.92. The van der Waals surface area contributed by atoms with Crippen molar-refractivity contribution in [2.24, 2.45) is 0 Å². The van der Waals surface area contributed by atoms with Gasteiger partial charge in [0.05, 0.1) is 10.6 Å². The minimum absolute atomic E-state index is 0.0906. The Hall–Kier alpha value is -3.65. The molecule has 7 nitrogen and oxygen atoms in total. The van der Waals surface area contributed by atoms with Gasteiger partial charge in [-0.05, 0) is 62.1 Å². The molecule has 0 saturated carbocycles. The van der Waals surface area contributed by atoms with E-state index in [1.807, 2.05) is 57.2 Å². The molecule has 0 aliphatic carbocycles. The Labute approximate surface area is 232 Å². The molecule has 3 aromatic rings. The summed E-state index contributed by atoms with van der Waals surface area (Å²) in [6, 6.07) is 22.2. The van der Waals surface area contributed by atoms with E-state index < -0.39 is 28.5 Å². The third kappa shape index (κ3) is 7.93. The smallest absolute Gasteiger partial charge is 0.264 e. The lowest BCUT2D eigenvalue weighted by atomic mass is 10.1. The van der Waals surface area contributed by atoms with E-state index in [1.54, 1.807) is 37.3 Å². The van der Waals surface area contributed by atoms with Gasteiger partial charge in [0.25, 0.3) is 10.0 Å². The minimum atomic E-state index is -4.06. The summed E-state index contributed by atoms with van der Waals surface area (Å²) in [5.41, 5.74) is 3.38. The SMILES string of the molecule is CCCCNC(=O)C(C)N(Cc1ccc(C)cc1)C(=O)CN(c1ccc(CC)cc1)S(=O)(=O)c1ccccc1. The quantitative estimate of drug-likeness (QED) is 0.301. The predicted molar refractivity (Wildman–Crippen MR) is 156 cm³/mol. The van der Waals surface area contributed by atoms with Crippen LogP contribution >= 0.6 is 0 Å². The molecule has 3 aromatic carbocycles. The van der Waals surface area contributed by atoms with Crippen molar-refractivity contribution < 1.29 is 18.0 Å². The summed E-state index contributed by atoms with van der Waals surface area (Å²) in [4.78, 5) is 28.5. The van der Waals surface area contributed by atoms with Crippen LogP contribution in [0.1, 0.15) is 50.3 Å². The fraction of sp³-hybridized carbons (Fsp3) is 0.355. The van der Waals surface area contributed by atoms with Crippen LogP contribution in [0, 0.1) is 6.92 Å². The van der Waals surface area contributed by atoms with E-state index >= 15 is 0 Å². The van der Waals surface area contributed by atoms with Crippen molar-refractivity contribution in [3.8, 4) is 0 Å². The normalized spacial score (nSPS) is 12.0. The van der Waals surface area contributed by atoms with Crippen molar-refractivity contribution in [2.75, 3.05) is 17.4 Å². The zero-order chi connectivity index (χ0) is 28.4. The highest BCUT2D eigenvalue weighted by atomic mass is 32.2. The van der Waals surface area contributed by atoms with E-state index in [4.69, 9.17) is 0 Å². The number of rotatable bonds is 13. The molecular weight excluding hydrogens is 510 g/mol. The number of anilines is 1. The van der Waals surface area contributed by atoms with E-state index in [0.29, 0.717) is 12.2 Å². The first-order valence-electron chi connectivity index (χ1n) is 13.5. The number of hydrogen-bond donors (Lipinski definition) is 1. The van der Waals surface area contributed by atoms with Gasteiger partial charge in [0.1, 0.15) is 12.6 Å². The maximum absolute atomic E-state index is 13.9. The van der Waals surface area contributed by atoms with E-state index in [9.17, 15) is 18.0 Å². The monoisotopic (exact) mass is 549 g/mol. The molecule has 0 saturated heterocycles. The van der Waals surface area contributed by atoms with Crippen LogP contribution in [0.4, 0.5) is 5.69 Å². The van der Waals surface area contributed by atoms with E-state index in [1.165, 1.54) is 17.0 Å². The number of nitrogens with zero attached hydrogens (tertiary/aromatic N) is 2. The average molecular weight is 550 g/mol. The van der Waals surface area contributed by atoms with Gasteiger partial charge in [0.15, 0.2) is 0 Å². The minimum Gasteiger partial charge on any atom is -0.354 e. The molecule has 1 unspecified atom stereocenters. The molecule has 8 heteroatoms. The summed E-state index contributed by atoms with van der Waals surface area (Å²) < 4.78 is 28.7. The second-order valence-electron chi connectivity index (χ2n) is 9.67. The summed E-state index contributed by atoms with van der Waals surface area (Å²) in [6.45, 7) is 7.97. The fourth-order valence-electron chi connectivity index (χ4n) is 4.16. The third-order valence-corrected chi connectivity index (χ3v) is 8.50. The lowest BCUT2D eigenvalue weighted by Crippen LogP contribution is -2.51. The third-order valence-electron chi connectivity index (χ3n) is 6.71. The van der Waals surface area contributed by atoms with Crippen LogP contribution < -0.4 is 9.62 Å². The Morgan fingerprint density at radius 1 is 0.872 bits per heavy atom. The van der Waals surface area contributed by atoms with Crippen LogP contribution in [-0.4, -0.2) is 44.3 Å². The molecular formula is C31H39N3O4S. The highest BCUT2D eigenvalue weighted by Crippen LogP contribution is 2.25. The molecule has 0 heterocycles. The largest absolute Gasteiger partial charge is 0.354 e. The lowest BCUT2D eigenvalue weighted by molar-refractivity contribution is -0.139. The molecule has 39 heavy (non-hydrogen) atoms. The zero-order valence-electron chi connectivity index (χ0n) is 23.3. The number of amides is 2. The van der Waals surface area contributed by atoms with Crippen molar-refractivity contribution in [1.82, 2.24) is 10.2 Å². The highest BCUT2D eigenvalue weighted by Gasteiger charge is 2.32. The van der Waals surface area contributed by atoms with Crippen LogP contribution in [-0.2, 0) is 32.6 Å². The summed E-state index contributed by atoms with van der Waals surface area (Å²) >= 11 is 0. The van der Waals surface area contributed by atoms with Crippen LogP contribution in [0.3, 0.4) is 0 Å². The molecule has 0 aliphatic rings. The fourth-order valence-corrected chi connectivity index (χ4v) is 5.59. The number of carbonyl (C=O) groups excluding carboxylic acids is 2. The maximum Gasteiger partial charge on any atom is 0.264 e. The van der Waals surface area contributed by atoms with Crippen molar-refractivity contribution >= 4 is 27.5 Å². The molecule has 0 bridgehead atoms. The van der Waals surface area contributed by atoms with Gasteiger partial charge in [-0.2, -0.15) is 0 Å². The molecule has 0 radical (unpaired) electrons. The number of aryl methyl sites for hydroxylation is 2. The first-order chi connectivity index (χ1) is 18.7. The van der Waals surface area contributed by atoms with Crippen molar-refractivity contribution in [1.29, 1.82) is 0 Å². The average Bonchev–Trinajstić information content (AvgIpc) is 2.95. The van der Waals surface area contributed by atoms with Gasteiger partial charge in [-0.15, -0.1) is 0 Å². The van der Waals surface area contributed by atoms with Gasteiger partial charge in [-0.1, -0.05) is 80.4 Å². The number of unbranched alkanes of at least 4 members (excludes halogenated alkanes) is 1. The summed E-state index contributed by atoms with van der Waals surface area (Å²) in [5.74, 6) is -0.735. The first-order valence-corrected chi connectivity index (χ1v) is 14.9. The predicted octanol–water partition coefficient (Wildman–Crippen LogP) is 5.09. The Kier molecular flexibility index (Phi) is 10.7. The molecule has 1 N–H and O–H groups in total. The summed E-state index contributed by atoms with van der Waals surface area (Å²) in [7, 11) is -4.06. The Bertz CT molecular complexity index is 1320. The lowest BCUT2D eigenvalue weighted by Gasteiger charge is -2.32. The summed E-state index contributed by atoms with van der Waals surface area (Å²) in [6.07, 6.45) is 2.57. The number of carbonyl (C=O) groups is 2. The van der Waals surface area contributed by atoms with Crippen LogP contribution in [0.2, 0.25) is 0 Å². The van der Waals surface area contributed by atoms with E-state index in [-0.39, 0.29) is 17.3 Å². The summed E-state index contributed by atoms with van der Waals surface area (Å²) in [5, 5.41) is 2.90. The van der Waals surface area contributed by atoms with Gasteiger partial charge in [0.2, 0.25) is 11.8 Å². The van der Waals surface area contributed by atoms with Crippen molar-refractivity contribution in [3.05, 3.63) is 95.6 Å². The van der Waals surface area contributed by atoms with E-state index in [0.717, 1.165) is 40.3 Å². The second-order valence-corrected chi connectivity index (χ2v) is 11.5. The Morgan fingerprint density at radius 3 is 2.08 bits per heavy atom. The van der Waals surface area contributed by atoms with E-state index in [2.05, 4.69) is 5.32 Å². The number of benzene rings is 3.